The molecule has 0 spiro atoms. The molecule has 0 aliphatic heterocycles. The molecule has 0 atom stereocenters. The number of anilines is 1. The zero-order chi connectivity index (χ0) is 20.2. The van der Waals surface area contributed by atoms with Gasteiger partial charge in [0, 0.05) is 24.5 Å². The van der Waals surface area contributed by atoms with Gasteiger partial charge in [-0.1, -0.05) is 54.1 Å². The highest BCUT2D eigenvalue weighted by Gasteiger charge is 2.14. The van der Waals surface area contributed by atoms with Gasteiger partial charge in [0.05, 0.1) is 17.6 Å². The van der Waals surface area contributed by atoms with Crippen molar-refractivity contribution in [3.63, 3.8) is 0 Å². The van der Waals surface area contributed by atoms with Gasteiger partial charge in [0.25, 0.3) is 0 Å². The van der Waals surface area contributed by atoms with E-state index in [1.165, 1.54) is 5.56 Å². The summed E-state index contributed by atoms with van der Waals surface area (Å²) in [4.78, 5) is 13.9. The van der Waals surface area contributed by atoms with Gasteiger partial charge in [0.2, 0.25) is 0 Å². The van der Waals surface area contributed by atoms with Crippen LogP contribution in [0.15, 0.2) is 79.0 Å². The zero-order valence-corrected chi connectivity index (χ0v) is 16.7. The van der Waals surface area contributed by atoms with E-state index in [2.05, 4.69) is 40.7 Å². The van der Waals surface area contributed by atoms with Crippen LogP contribution in [0.2, 0.25) is 0 Å². The van der Waals surface area contributed by atoms with Crippen molar-refractivity contribution in [2.45, 2.75) is 20.2 Å². The van der Waals surface area contributed by atoms with Gasteiger partial charge >= 0.3 is 0 Å². The highest BCUT2D eigenvalue weighted by atomic mass is 16.5. The normalized spacial score (nSPS) is 10.8. The summed E-state index contributed by atoms with van der Waals surface area (Å²) >= 11 is 0. The van der Waals surface area contributed by atoms with Gasteiger partial charge in [-0.05, 0) is 36.8 Å². The Balaban J connectivity index is 1.64. The lowest BCUT2D eigenvalue weighted by atomic mass is 10.1. The van der Waals surface area contributed by atoms with Crippen LogP contribution in [0.5, 0.6) is 5.75 Å². The third kappa shape index (κ3) is 4.02. The Kier molecular flexibility index (Phi) is 5.34. The number of nitrogens with zero attached hydrogens (tertiary/aromatic N) is 2. The Morgan fingerprint density at radius 3 is 2.45 bits per heavy atom. The molecule has 29 heavy (non-hydrogen) atoms. The van der Waals surface area contributed by atoms with Crippen LogP contribution in [0.25, 0.3) is 10.9 Å². The molecule has 0 radical (unpaired) electrons. The number of hydrogen-bond donors (Lipinski definition) is 0. The van der Waals surface area contributed by atoms with Gasteiger partial charge in [0.1, 0.15) is 12.4 Å². The molecule has 3 aromatic carbocycles. The van der Waals surface area contributed by atoms with Crippen LogP contribution < -0.4 is 9.64 Å². The molecule has 0 N–H and O–H groups in total. The maximum Gasteiger partial charge on any atom is 0.152 e. The summed E-state index contributed by atoms with van der Waals surface area (Å²) in [7, 11) is 2.05. The molecule has 4 heteroatoms. The lowest BCUT2D eigenvalue weighted by molar-refractivity contribution is 0.112. The number of aryl methyl sites for hydroxylation is 1. The van der Waals surface area contributed by atoms with Crippen LogP contribution in [-0.4, -0.2) is 17.9 Å². The number of carbonyl (C=O) groups is 1. The van der Waals surface area contributed by atoms with Crippen LogP contribution in [0.4, 0.5) is 5.69 Å². The largest absolute Gasteiger partial charge is 0.488 e. The zero-order valence-electron chi connectivity index (χ0n) is 16.7. The molecule has 146 valence electrons. The van der Waals surface area contributed by atoms with Gasteiger partial charge in [-0.25, -0.2) is 0 Å². The first-order valence-corrected chi connectivity index (χ1v) is 9.67. The van der Waals surface area contributed by atoms with E-state index < -0.39 is 0 Å². The third-order valence-electron chi connectivity index (χ3n) is 5.10. The van der Waals surface area contributed by atoms with Crippen molar-refractivity contribution in [2.75, 3.05) is 11.9 Å². The second-order valence-electron chi connectivity index (χ2n) is 7.27. The standard InChI is InChI=1S/C25H24N2O2/c1-19-11-13-22(14-12-19)26(2)18-27-15-21(16-28)25-23(27)9-6-10-24(25)29-17-20-7-4-3-5-8-20/h3-16H,17-18H2,1-2H3. The molecule has 4 rings (SSSR count). The summed E-state index contributed by atoms with van der Waals surface area (Å²) in [6.45, 7) is 3.18. The molecule has 0 amide bonds. The molecule has 4 aromatic rings. The van der Waals surface area contributed by atoms with Crippen LogP contribution >= 0.6 is 0 Å². The van der Waals surface area contributed by atoms with E-state index >= 15 is 0 Å². The molecular weight excluding hydrogens is 360 g/mol. The molecule has 0 saturated heterocycles. The first-order chi connectivity index (χ1) is 14.2. The summed E-state index contributed by atoms with van der Waals surface area (Å²) in [6, 6.07) is 24.4. The van der Waals surface area contributed by atoms with Crippen molar-refractivity contribution in [2.24, 2.45) is 0 Å². The third-order valence-corrected chi connectivity index (χ3v) is 5.10. The number of benzene rings is 3. The fourth-order valence-corrected chi connectivity index (χ4v) is 3.52. The predicted octanol–water partition coefficient (Wildman–Crippen LogP) is 5.44. The van der Waals surface area contributed by atoms with E-state index in [0.717, 1.165) is 34.2 Å². The number of hydrogen-bond acceptors (Lipinski definition) is 3. The van der Waals surface area contributed by atoms with E-state index in [0.29, 0.717) is 18.8 Å². The van der Waals surface area contributed by atoms with E-state index in [4.69, 9.17) is 4.74 Å². The fourth-order valence-electron chi connectivity index (χ4n) is 3.52. The number of aromatic nitrogens is 1. The summed E-state index contributed by atoms with van der Waals surface area (Å²) < 4.78 is 8.17. The lowest BCUT2D eigenvalue weighted by Crippen LogP contribution is -2.20. The topological polar surface area (TPSA) is 34.5 Å². The number of rotatable bonds is 7. The molecule has 0 unspecified atom stereocenters. The van der Waals surface area contributed by atoms with Crippen molar-refractivity contribution in [3.8, 4) is 5.75 Å². The Labute approximate surface area is 171 Å². The highest BCUT2D eigenvalue weighted by Crippen LogP contribution is 2.31. The fraction of sp³-hybridized carbons (Fsp3) is 0.160. The molecular formula is C25H24N2O2. The first-order valence-electron chi connectivity index (χ1n) is 9.67. The quantitative estimate of drug-likeness (QED) is 0.398. The Bertz CT molecular complexity index is 1110. The van der Waals surface area contributed by atoms with Gasteiger partial charge < -0.3 is 14.2 Å². The van der Waals surface area contributed by atoms with Gasteiger partial charge in [-0.2, -0.15) is 0 Å². The molecule has 0 saturated carbocycles. The van der Waals surface area contributed by atoms with Crippen LogP contribution in [0.3, 0.4) is 0 Å². The summed E-state index contributed by atoms with van der Waals surface area (Å²) in [5, 5.41) is 0.857. The van der Waals surface area contributed by atoms with Gasteiger partial charge in [-0.3, -0.25) is 4.79 Å². The van der Waals surface area contributed by atoms with E-state index in [1.807, 2.05) is 61.8 Å². The first kappa shape index (κ1) is 18.8. The maximum absolute atomic E-state index is 11.8. The lowest BCUT2D eigenvalue weighted by Gasteiger charge is -2.21. The minimum absolute atomic E-state index is 0.465. The van der Waals surface area contributed by atoms with Crippen molar-refractivity contribution < 1.29 is 9.53 Å². The van der Waals surface area contributed by atoms with Crippen molar-refractivity contribution in [3.05, 3.63) is 95.7 Å². The summed E-state index contributed by atoms with van der Waals surface area (Å²) in [6.07, 6.45) is 2.80. The van der Waals surface area contributed by atoms with Crippen LogP contribution in [-0.2, 0) is 13.3 Å². The SMILES string of the molecule is Cc1ccc(N(C)Cn2cc(C=O)c3c(OCc4ccccc4)cccc32)cc1. The van der Waals surface area contributed by atoms with E-state index in [1.54, 1.807) is 0 Å². The number of carbonyl (C=O) groups excluding carboxylic acids is 1. The number of aldehydes is 1. The van der Waals surface area contributed by atoms with Crippen LogP contribution in [0, 0.1) is 6.92 Å². The molecule has 1 heterocycles. The second-order valence-corrected chi connectivity index (χ2v) is 7.27. The summed E-state index contributed by atoms with van der Waals surface area (Å²) in [5.74, 6) is 0.727. The average Bonchev–Trinajstić information content (AvgIpc) is 3.11. The second kappa shape index (κ2) is 8.23. The monoisotopic (exact) mass is 384 g/mol. The average molecular weight is 384 g/mol. The predicted molar refractivity (Wildman–Crippen MR) is 118 cm³/mol. The number of ether oxygens (including phenoxy) is 1. The van der Waals surface area contributed by atoms with Crippen LogP contribution in [0.1, 0.15) is 21.5 Å². The smallest absolute Gasteiger partial charge is 0.152 e. The molecule has 0 fully saturated rings. The van der Waals surface area contributed by atoms with E-state index in [9.17, 15) is 4.79 Å². The minimum atomic E-state index is 0.465. The van der Waals surface area contributed by atoms with Gasteiger partial charge in [0.15, 0.2) is 6.29 Å². The van der Waals surface area contributed by atoms with E-state index in [-0.39, 0.29) is 0 Å². The molecule has 0 aliphatic rings. The van der Waals surface area contributed by atoms with Crippen molar-refractivity contribution >= 4 is 22.9 Å². The van der Waals surface area contributed by atoms with Gasteiger partial charge in [-0.15, -0.1) is 0 Å². The molecule has 1 aromatic heterocycles. The molecule has 4 nitrogen and oxygen atoms in total. The number of fused-ring (bicyclic) bond motifs is 1. The summed E-state index contributed by atoms with van der Waals surface area (Å²) in [5.41, 5.74) is 5.08. The highest BCUT2D eigenvalue weighted by molar-refractivity contribution is 6.01. The maximum atomic E-state index is 11.8. The Morgan fingerprint density at radius 2 is 1.72 bits per heavy atom. The molecule has 0 aliphatic carbocycles. The van der Waals surface area contributed by atoms with Crippen molar-refractivity contribution in [1.29, 1.82) is 0 Å². The van der Waals surface area contributed by atoms with Crippen molar-refractivity contribution in [1.82, 2.24) is 4.57 Å². The Morgan fingerprint density at radius 1 is 0.966 bits per heavy atom. The minimum Gasteiger partial charge on any atom is -0.488 e. The Hall–Kier alpha value is -3.53. The molecule has 0 bridgehead atoms.